The lowest BCUT2D eigenvalue weighted by molar-refractivity contribution is 0.0788. The first-order chi connectivity index (χ1) is 6.83. The Balaban J connectivity index is 2.08. The molecule has 1 aliphatic rings. The molecule has 0 bridgehead atoms. The predicted octanol–water partition coefficient (Wildman–Crippen LogP) is 1.39. The van der Waals surface area contributed by atoms with Crippen LogP contribution in [0.1, 0.15) is 5.56 Å². The third-order valence-electron chi connectivity index (χ3n) is 2.52. The zero-order valence-electron chi connectivity index (χ0n) is 8.10. The van der Waals surface area contributed by atoms with Crippen molar-refractivity contribution in [1.82, 2.24) is 0 Å². The van der Waals surface area contributed by atoms with Gasteiger partial charge in [0.2, 0.25) is 0 Å². The number of benzene rings is 1. The van der Waals surface area contributed by atoms with E-state index in [1.54, 1.807) is 7.11 Å². The molecule has 1 aromatic carbocycles. The molecule has 0 N–H and O–H groups in total. The first-order valence-electron chi connectivity index (χ1n) is 4.61. The van der Waals surface area contributed by atoms with Gasteiger partial charge in [0.15, 0.2) is 0 Å². The van der Waals surface area contributed by atoms with Crippen LogP contribution >= 0.6 is 0 Å². The van der Waals surface area contributed by atoms with Gasteiger partial charge < -0.3 is 9.64 Å². The molecule has 0 radical (unpaired) electrons. The zero-order valence-corrected chi connectivity index (χ0v) is 8.10. The van der Waals surface area contributed by atoms with Crippen molar-refractivity contribution in [1.29, 1.82) is 5.26 Å². The van der Waals surface area contributed by atoms with Crippen molar-refractivity contribution >= 4 is 5.69 Å². The SMILES string of the molecule is COC1CN(c2cccc(C#N)c2)C1. The zero-order chi connectivity index (χ0) is 9.97. The minimum atomic E-state index is 0.348. The first-order valence-corrected chi connectivity index (χ1v) is 4.61. The van der Waals surface area contributed by atoms with Gasteiger partial charge in [0, 0.05) is 25.9 Å². The number of hydrogen-bond donors (Lipinski definition) is 0. The molecule has 0 spiro atoms. The van der Waals surface area contributed by atoms with Gasteiger partial charge >= 0.3 is 0 Å². The van der Waals surface area contributed by atoms with E-state index in [-0.39, 0.29) is 0 Å². The summed E-state index contributed by atoms with van der Waals surface area (Å²) >= 11 is 0. The molecule has 3 nitrogen and oxygen atoms in total. The lowest BCUT2D eigenvalue weighted by Gasteiger charge is -2.40. The van der Waals surface area contributed by atoms with E-state index in [4.69, 9.17) is 10.00 Å². The molecule has 0 atom stereocenters. The van der Waals surface area contributed by atoms with Gasteiger partial charge in [-0.25, -0.2) is 0 Å². The maximum atomic E-state index is 8.74. The van der Waals surface area contributed by atoms with Crippen molar-refractivity contribution in [2.75, 3.05) is 25.1 Å². The van der Waals surface area contributed by atoms with Crippen LogP contribution in [0, 0.1) is 11.3 Å². The molecule has 1 heterocycles. The summed E-state index contributed by atoms with van der Waals surface area (Å²) in [6, 6.07) is 9.79. The van der Waals surface area contributed by atoms with Gasteiger partial charge in [-0.3, -0.25) is 0 Å². The van der Waals surface area contributed by atoms with Gasteiger partial charge in [-0.1, -0.05) is 6.07 Å². The fraction of sp³-hybridized carbons (Fsp3) is 0.364. The highest BCUT2D eigenvalue weighted by Gasteiger charge is 2.26. The normalized spacial score (nSPS) is 16.1. The van der Waals surface area contributed by atoms with Crippen molar-refractivity contribution in [2.45, 2.75) is 6.10 Å². The molecule has 3 heteroatoms. The van der Waals surface area contributed by atoms with Gasteiger partial charge in [0.25, 0.3) is 0 Å². The van der Waals surface area contributed by atoms with E-state index in [0.29, 0.717) is 11.7 Å². The van der Waals surface area contributed by atoms with E-state index in [1.807, 2.05) is 24.3 Å². The number of nitriles is 1. The monoisotopic (exact) mass is 188 g/mol. The molecule has 0 aliphatic carbocycles. The summed E-state index contributed by atoms with van der Waals surface area (Å²) in [5.74, 6) is 0. The maximum absolute atomic E-state index is 8.74. The number of anilines is 1. The highest BCUT2D eigenvalue weighted by Crippen LogP contribution is 2.22. The van der Waals surface area contributed by atoms with Crippen LogP contribution in [0.4, 0.5) is 5.69 Å². The average molecular weight is 188 g/mol. The molecule has 0 saturated carbocycles. The molecule has 1 fully saturated rings. The molecule has 0 aromatic heterocycles. The van der Waals surface area contributed by atoms with E-state index in [9.17, 15) is 0 Å². The van der Waals surface area contributed by atoms with Gasteiger partial charge in [0.1, 0.15) is 0 Å². The fourth-order valence-electron chi connectivity index (χ4n) is 1.57. The highest BCUT2D eigenvalue weighted by atomic mass is 16.5. The molecule has 1 aromatic rings. The number of ether oxygens (including phenoxy) is 1. The third kappa shape index (κ3) is 1.57. The average Bonchev–Trinajstić information content (AvgIpc) is 2.17. The van der Waals surface area contributed by atoms with Crippen LogP contribution in [0.2, 0.25) is 0 Å². The van der Waals surface area contributed by atoms with Gasteiger partial charge in [-0.2, -0.15) is 5.26 Å². The summed E-state index contributed by atoms with van der Waals surface area (Å²) in [5.41, 5.74) is 1.82. The van der Waals surface area contributed by atoms with Gasteiger partial charge in [0.05, 0.1) is 17.7 Å². The van der Waals surface area contributed by atoms with Crippen molar-refractivity contribution in [3.63, 3.8) is 0 Å². The summed E-state index contributed by atoms with van der Waals surface area (Å²) in [7, 11) is 1.73. The lowest BCUT2D eigenvalue weighted by Crippen LogP contribution is -2.51. The van der Waals surface area contributed by atoms with Gasteiger partial charge in [-0.15, -0.1) is 0 Å². The Bertz CT molecular complexity index is 364. The lowest BCUT2D eigenvalue weighted by atomic mass is 10.1. The smallest absolute Gasteiger partial charge is 0.0992 e. The Labute approximate surface area is 83.5 Å². The van der Waals surface area contributed by atoms with E-state index in [0.717, 1.165) is 18.8 Å². The highest BCUT2D eigenvalue weighted by molar-refractivity contribution is 5.53. The van der Waals surface area contributed by atoms with Crippen LogP contribution in [0.3, 0.4) is 0 Å². The summed E-state index contributed by atoms with van der Waals surface area (Å²) in [6.07, 6.45) is 0.348. The van der Waals surface area contributed by atoms with Crippen molar-refractivity contribution in [3.8, 4) is 6.07 Å². The van der Waals surface area contributed by atoms with E-state index in [2.05, 4.69) is 11.0 Å². The number of rotatable bonds is 2. The van der Waals surface area contributed by atoms with Gasteiger partial charge in [-0.05, 0) is 18.2 Å². The Hall–Kier alpha value is -1.53. The molecule has 0 unspecified atom stereocenters. The number of hydrogen-bond acceptors (Lipinski definition) is 3. The Kier molecular flexibility index (Phi) is 2.38. The molecule has 1 aliphatic heterocycles. The Morgan fingerprint density at radius 2 is 2.29 bits per heavy atom. The molecule has 0 amide bonds. The second-order valence-electron chi connectivity index (χ2n) is 3.42. The summed E-state index contributed by atoms with van der Waals surface area (Å²) in [4.78, 5) is 2.20. The quantitative estimate of drug-likeness (QED) is 0.703. The third-order valence-corrected chi connectivity index (χ3v) is 2.52. The van der Waals surface area contributed by atoms with Crippen LogP contribution in [-0.4, -0.2) is 26.3 Å². The Morgan fingerprint density at radius 3 is 2.93 bits per heavy atom. The van der Waals surface area contributed by atoms with Crippen molar-refractivity contribution in [3.05, 3.63) is 29.8 Å². The van der Waals surface area contributed by atoms with Crippen LogP contribution in [0.15, 0.2) is 24.3 Å². The predicted molar refractivity (Wildman–Crippen MR) is 54.2 cm³/mol. The molecular formula is C11H12N2O. The second-order valence-corrected chi connectivity index (χ2v) is 3.42. The van der Waals surface area contributed by atoms with E-state index < -0.39 is 0 Å². The largest absolute Gasteiger partial charge is 0.378 e. The fourth-order valence-corrected chi connectivity index (χ4v) is 1.57. The topological polar surface area (TPSA) is 36.3 Å². The molecule has 14 heavy (non-hydrogen) atoms. The summed E-state index contributed by atoms with van der Waals surface area (Å²) in [6.45, 7) is 1.84. The Morgan fingerprint density at radius 1 is 1.50 bits per heavy atom. The van der Waals surface area contributed by atoms with E-state index in [1.165, 1.54) is 0 Å². The minimum Gasteiger partial charge on any atom is -0.378 e. The minimum absolute atomic E-state index is 0.348. The summed E-state index contributed by atoms with van der Waals surface area (Å²) < 4.78 is 5.19. The number of methoxy groups -OCH3 is 1. The van der Waals surface area contributed by atoms with E-state index >= 15 is 0 Å². The van der Waals surface area contributed by atoms with Crippen molar-refractivity contribution < 1.29 is 4.74 Å². The molecule has 2 rings (SSSR count). The standard InChI is InChI=1S/C11H12N2O/c1-14-11-7-13(8-11)10-4-2-3-9(5-10)6-12/h2-5,11H,7-8H2,1H3. The first kappa shape index (κ1) is 9.04. The maximum Gasteiger partial charge on any atom is 0.0992 e. The molecular weight excluding hydrogens is 176 g/mol. The van der Waals surface area contributed by atoms with Crippen LogP contribution in [0.25, 0.3) is 0 Å². The second kappa shape index (κ2) is 3.69. The number of nitrogens with zero attached hydrogens (tertiary/aromatic N) is 2. The van der Waals surface area contributed by atoms with Crippen molar-refractivity contribution in [2.24, 2.45) is 0 Å². The molecule has 1 saturated heterocycles. The van der Waals surface area contributed by atoms with Crippen LogP contribution in [-0.2, 0) is 4.74 Å². The molecule has 72 valence electrons. The van der Waals surface area contributed by atoms with Crippen LogP contribution < -0.4 is 4.90 Å². The summed E-state index contributed by atoms with van der Waals surface area (Å²) in [5, 5.41) is 8.74. The van der Waals surface area contributed by atoms with Crippen LogP contribution in [0.5, 0.6) is 0 Å².